The molecule has 0 aliphatic carbocycles. The average Bonchev–Trinajstić information content (AvgIpc) is 2.76. The molecule has 1 aliphatic heterocycles. The molecular weight excluding hydrogens is 232 g/mol. The van der Waals surface area contributed by atoms with Crippen molar-refractivity contribution in [2.24, 2.45) is 0 Å². The molecular formula is C18H20O. The molecule has 0 bridgehead atoms. The maximum atomic E-state index is 6.36. The second-order valence-electron chi connectivity index (χ2n) is 5.22. The highest BCUT2D eigenvalue weighted by Gasteiger charge is 2.35. The Morgan fingerprint density at radius 1 is 0.684 bits per heavy atom. The molecule has 0 unspecified atom stereocenters. The fraction of sp³-hybridized carbons (Fsp3) is 0.333. The van der Waals surface area contributed by atoms with Gasteiger partial charge in [-0.25, -0.2) is 0 Å². The topological polar surface area (TPSA) is 9.23 Å². The average molecular weight is 252 g/mol. The first-order chi connectivity index (χ1) is 9.42. The normalized spacial score (nSPS) is 18.7. The summed E-state index contributed by atoms with van der Waals surface area (Å²) in [5.41, 5.74) is 2.31. The van der Waals surface area contributed by atoms with Gasteiger partial charge in [-0.1, -0.05) is 67.1 Å². The van der Waals surface area contributed by atoms with Crippen molar-refractivity contribution in [1.29, 1.82) is 0 Å². The van der Waals surface area contributed by atoms with Crippen LogP contribution in [0, 0.1) is 0 Å². The molecule has 1 nitrogen and oxygen atoms in total. The minimum Gasteiger partial charge on any atom is -0.366 e. The molecule has 1 heterocycles. The van der Waals surface area contributed by atoms with Crippen LogP contribution in [0.25, 0.3) is 0 Å². The summed E-state index contributed by atoms with van der Waals surface area (Å²) in [6, 6.07) is 21.3. The van der Waals surface area contributed by atoms with E-state index in [1.165, 1.54) is 30.4 Å². The molecule has 2 aromatic rings. The lowest BCUT2D eigenvalue weighted by Crippen LogP contribution is -2.30. The van der Waals surface area contributed by atoms with E-state index in [0.29, 0.717) is 0 Å². The predicted octanol–water partition coefficient (Wildman–Crippen LogP) is 4.52. The quantitative estimate of drug-likeness (QED) is 0.763. The summed E-state index contributed by atoms with van der Waals surface area (Å²) in [7, 11) is 0. The van der Waals surface area contributed by atoms with Crippen LogP contribution < -0.4 is 0 Å². The van der Waals surface area contributed by atoms with Crippen LogP contribution in [-0.2, 0) is 10.3 Å². The van der Waals surface area contributed by atoms with E-state index in [1.54, 1.807) is 0 Å². The van der Waals surface area contributed by atoms with Gasteiger partial charge >= 0.3 is 0 Å². The number of hydrogen-bond donors (Lipinski definition) is 0. The first-order valence-corrected chi connectivity index (χ1v) is 7.17. The van der Waals surface area contributed by atoms with E-state index in [0.717, 1.165) is 13.0 Å². The van der Waals surface area contributed by atoms with Crippen molar-refractivity contribution in [3.63, 3.8) is 0 Å². The number of ether oxygens (including phenoxy) is 1. The first kappa shape index (κ1) is 12.4. The predicted molar refractivity (Wildman–Crippen MR) is 78.1 cm³/mol. The van der Waals surface area contributed by atoms with Crippen LogP contribution in [-0.4, -0.2) is 6.61 Å². The summed E-state index contributed by atoms with van der Waals surface area (Å²) in [5, 5.41) is 0. The Kier molecular flexibility index (Phi) is 3.65. The van der Waals surface area contributed by atoms with Crippen molar-refractivity contribution >= 4 is 0 Å². The highest BCUT2D eigenvalue weighted by atomic mass is 16.5. The second-order valence-corrected chi connectivity index (χ2v) is 5.22. The third-order valence-electron chi connectivity index (χ3n) is 4.00. The van der Waals surface area contributed by atoms with Crippen LogP contribution in [0.1, 0.15) is 36.8 Å². The van der Waals surface area contributed by atoms with Gasteiger partial charge in [0.05, 0.1) is 0 Å². The van der Waals surface area contributed by atoms with Gasteiger partial charge in [-0.15, -0.1) is 0 Å². The van der Waals surface area contributed by atoms with Gasteiger partial charge < -0.3 is 4.74 Å². The van der Waals surface area contributed by atoms with Crippen LogP contribution in [0.2, 0.25) is 0 Å². The van der Waals surface area contributed by atoms with Crippen molar-refractivity contribution in [3.8, 4) is 0 Å². The largest absolute Gasteiger partial charge is 0.366 e. The fourth-order valence-electron chi connectivity index (χ4n) is 3.01. The zero-order valence-corrected chi connectivity index (χ0v) is 11.2. The van der Waals surface area contributed by atoms with Gasteiger partial charge in [-0.2, -0.15) is 0 Å². The Bertz CT molecular complexity index is 454. The van der Waals surface area contributed by atoms with Gasteiger partial charge in [0.1, 0.15) is 5.60 Å². The van der Waals surface area contributed by atoms with E-state index < -0.39 is 0 Å². The molecule has 1 saturated heterocycles. The SMILES string of the molecule is c1ccc(C2(c3ccccc3)CCCCCO2)cc1. The first-order valence-electron chi connectivity index (χ1n) is 7.17. The van der Waals surface area contributed by atoms with E-state index in [-0.39, 0.29) is 5.60 Å². The molecule has 0 spiro atoms. The molecule has 1 heteroatoms. The van der Waals surface area contributed by atoms with Gasteiger partial charge in [0.15, 0.2) is 0 Å². The van der Waals surface area contributed by atoms with Crippen LogP contribution >= 0.6 is 0 Å². The van der Waals surface area contributed by atoms with Gasteiger partial charge in [-0.3, -0.25) is 0 Å². The van der Waals surface area contributed by atoms with Gasteiger partial charge in [-0.05, 0) is 30.4 Å². The number of benzene rings is 2. The Morgan fingerprint density at radius 3 is 1.84 bits per heavy atom. The molecule has 0 atom stereocenters. The van der Waals surface area contributed by atoms with Crippen molar-refractivity contribution < 1.29 is 4.74 Å². The summed E-state index contributed by atoms with van der Waals surface area (Å²) >= 11 is 0. The molecule has 3 rings (SSSR count). The minimum absolute atomic E-state index is 0.251. The second kappa shape index (κ2) is 5.58. The summed E-state index contributed by atoms with van der Waals surface area (Å²) in [5.74, 6) is 0. The summed E-state index contributed by atoms with van der Waals surface area (Å²) < 4.78 is 6.36. The lowest BCUT2D eigenvalue weighted by atomic mass is 9.82. The van der Waals surface area contributed by atoms with E-state index in [2.05, 4.69) is 60.7 Å². The van der Waals surface area contributed by atoms with Crippen LogP contribution in [0.5, 0.6) is 0 Å². The van der Waals surface area contributed by atoms with Crippen molar-refractivity contribution in [2.75, 3.05) is 6.61 Å². The van der Waals surface area contributed by atoms with Gasteiger partial charge in [0.2, 0.25) is 0 Å². The molecule has 0 amide bonds. The summed E-state index contributed by atoms with van der Waals surface area (Å²) in [6.07, 6.45) is 4.73. The van der Waals surface area contributed by atoms with E-state index in [9.17, 15) is 0 Å². The van der Waals surface area contributed by atoms with Crippen LogP contribution in [0.4, 0.5) is 0 Å². The molecule has 0 N–H and O–H groups in total. The molecule has 1 aliphatic rings. The number of rotatable bonds is 2. The van der Waals surface area contributed by atoms with E-state index in [4.69, 9.17) is 4.74 Å². The molecule has 0 aromatic heterocycles. The van der Waals surface area contributed by atoms with E-state index >= 15 is 0 Å². The lowest BCUT2D eigenvalue weighted by Gasteiger charge is -2.34. The van der Waals surface area contributed by atoms with Crippen LogP contribution in [0.3, 0.4) is 0 Å². The maximum Gasteiger partial charge on any atom is 0.118 e. The third-order valence-corrected chi connectivity index (χ3v) is 4.00. The Labute approximate surface area is 115 Å². The lowest BCUT2D eigenvalue weighted by molar-refractivity contribution is -0.0146. The summed E-state index contributed by atoms with van der Waals surface area (Å²) in [4.78, 5) is 0. The molecule has 0 radical (unpaired) electrons. The fourth-order valence-corrected chi connectivity index (χ4v) is 3.01. The molecule has 1 fully saturated rings. The maximum absolute atomic E-state index is 6.36. The zero-order valence-electron chi connectivity index (χ0n) is 11.2. The smallest absolute Gasteiger partial charge is 0.118 e. The highest BCUT2D eigenvalue weighted by molar-refractivity contribution is 5.36. The van der Waals surface area contributed by atoms with E-state index in [1.807, 2.05) is 0 Å². The summed E-state index contributed by atoms with van der Waals surface area (Å²) in [6.45, 7) is 0.851. The molecule has 98 valence electrons. The Morgan fingerprint density at radius 2 is 1.26 bits per heavy atom. The molecule has 0 saturated carbocycles. The zero-order chi connectivity index (χ0) is 13.0. The Hall–Kier alpha value is -1.60. The van der Waals surface area contributed by atoms with Gasteiger partial charge in [0, 0.05) is 6.61 Å². The standard InChI is InChI=1S/C18H20O/c1-4-10-16(11-5-1)18(14-8-3-9-15-19-18)17-12-6-2-7-13-17/h1-2,4-7,10-13H,3,8-9,14-15H2. The van der Waals surface area contributed by atoms with Crippen molar-refractivity contribution in [1.82, 2.24) is 0 Å². The van der Waals surface area contributed by atoms with Crippen LogP contribution in [0.15, 0.2) is 60.7 Å². The minimum atomic E-state index is -0.251. The highest BCUT2D eigenvalue weighted by Crippen LogP contribution is 2.40. The van der Waals surface area contributed by atoms with Crippen molar-refractivity contribution in [3.05, 3.63) is 71.8 Å². The van der Waals surface area contributed by atoms with Gasteiger partial charge in [0.25, 0.3) is 0 Å². The Balaban J connectivity index is 2.09. The van der Waals surface area contributed by atoms with Crippen molar-refractivity contribution in [2.45, 2.75) is 31.3 Å². The third kappa shape index (κ3) is 2.43. The molecule has 19 heavy (non-hydrogen) atoms. The number of hydrogen-bond acceptors (Lipinski definition) is 1. The monoisotopic (exact) mass is 252 g/mol. The molecule has 2 aromatic carbocycles.